The Bertz CT molecular complexity index is 1290. The number of hydrogen-bond donors (Lipinski definition) is 0. The molecule has 1 aromatic carbocycles. The molecule has 0 spiro atoms. The van der Waals surface area contributed by atoms with E-state index >= 15 is 0 Å². The van der Waals surface area contributed by atoms with Gasteiger partial charge < -0.3 is 0 Å². The summed E-state index contributed by atoms with van der Waals surface area (Å²) in [5, 5.41) is 11.5. The Morgan fingerprint density at radius 2 is 2.06 bits per heavy atom. The molecule has 0 bridgehead atoms. The fourth-order valence-electron chi connectivity index (χ4n) is 3.17. The largest absolute Gasteiger partial charge is 0.324 e. The number of thiazole rings is 1. The van der Waals surface area contributed by atoms with Gasteiger partial charge in [-0.2, -0.15) is 0 Å². The van der Waals surface area contributed by atoms with E-state index < -0.39 is 4.92 Å². The minimum Gasteiger partial charge on any atom is -0.280 e. The van der Waals surface area contributed by atoms with Crippen LogP contribution < -0.4 is 4.90 Å². The summed E-state index contributed by atoms with van der Waals surface area (Å²) in [6.07, 6.45) is 6.42. The van der Waals surface area contributed by atoms with Gasteiger partial charge >= 0.3 is 5.00 Å². The number of hydrogen-bond acceptors (Lipinski definition) is 7. The first-order chi connectivity index (χ1) is 14.9. The van der Waals surface area contributed by atoms with Crippen LogP contribution in [0, 0.1) is 24.0 Å². The van der Waals surface area contributed by atoms with E-state index in [2.05, 4.69) is 11.1 Å². The second-order valence-corrected chi connectivity index (χ2v) is 9.05. The Morgan fingerprint density at radius 3 is 2.77 bits per heavy atom. The first-order valence-corrected chi connectivity index (χ1v) is 11.0. The standard InChI is InChI=1S/C22H18N4O3S2/c1-14-10-15(2)21-18(11-14)24-22(31-21)25(13-16-4-3-9-23-12-16)19(27)7-5-17-6-8-20(30-17)26(28)29/h3-12H,13H2,1-2H3/b7-5+. The number of fused-ring (bicyclic) bond motifs is 1. The van der Waals surface area contributed by atoms with Crippen LogP contribution in [0.4, 0.5) is 10.1 Å². The van der Waals surface area contributed by atoms with Gasteiger partial charge in [-0.05, 0) is 54.8 Å². The number of anilines is 1. The number of pyridine rings is 1. The summed E-state index contributed by atoms with van der Waals surface area (Å²) in [7, 11) is 0. The maximum atomic E-state index is 13.1. The fraction of sp³-hybridized carbons (Fsp3) is 0.136. The highest BCUT2D eigenvalue weighted by atomic mass is 32.1. The summed E-state index contributed by atoms with van der Waals surface area (Å²) < 4.78 is 1.04. The molecule has 0 aliphatic heterocycles. The molecule has 0 N–H and O–H groups in total. The molecule has 0 fully saturated rings. The van der Waals surface area contributed by atoms with E-state index in [1.807, 2.05) is 32.0 Å². The number of thiophene rings is 1. The molecular formula is C22H18N4O3S2. The third-order valence-corrected chi connectivity index (χ3v) is 6.78. The van der Waals surface area contributed by atoms with Crippen molar-refractivity contribution in [1.82, 2.24) is 9.97 Å². The van der Waals surface area contributed by atoms with Gasteiger partial charge in [0, 0.05) is 29.4 Å². The summed E-state index contributed by atoms with van der Waals surface area (Å²) in [5.74, 6) is -0.256. The molecule has 0 radical (unpaired) electrons. The molecule has 0 aliphatic carbocycles. The molecule has 7 nitrogen and oxygen atoms in total. The molecule has 4 rings (SSSR count). The molecule has 31 heavy (non-hydrogen) atoms. The highest BCUT2D eigenvalue weighted by Crippen LogP contribution is 2.33. The van der Waals surface area contributed by atoms with Crippen molar-refractivity contribution < 1.29 is 9.72 Å². The van der Waals surface area contributed by atoms with Gasteiger partial charge in [0.05, 0.1) is 21.7 Å². The van der Waals surface area contributed by atoms with Crippen LogP contribution in [0.1, 0.15) is 21.6 Å². The number of nitro groups is 1. The Hall–Kier alpha value is -3.43. The van der Waals surface area contributed by atoms with Crippen molar-refractivity contribution in [2.75, 3.05) is 4.90 Å². The van der Waals surface area contributed by atoms with Gasteiger partial charge in [-0.25, -0.2) is 4.98 Å². The lowest BCUT2D eigenvalue weighted by molar-refractivity contribution is -0.380. The van der Waals surface area contributed by atoms with Gasteiger partial charge in [0.15, 0.2) is 5.13 Å². The van der Waals surface area contributed by atoms with Crippen LogP contribution in [-0.4, -0.2) is 20.8 Å². The number of carbonyl (C=O) groups is 1. The van der Waals surface area contributed by atoms with E-state index in [4.69, 9.17) is 4.98 Å². The van der Waals surface area contributed by atoms with Crippen LogP contribution in [0.25, 0.3) is 16.3 Å². The number of aromatic nitrogens is 2. The van der Waals surface area contributed by atoms with E-state index in [-0.39, 0.29) is 10.9 Å². The molecule has 3 heterocycles. The molecule has 9 heteroatoms. The van der Waals surface area contributed by atoms with Crippen molar-refractivity contribution >= 4 is 55.0 Å². The van der Waals surface area contributed by atoms with Crippen LogP contribution in [0.2, 0.25) is 0 Å². The Labute approximate surface area is 186 Å². The third kappa shape index (κ3) is 4.68. The lowest BCUT2D eigenvalue weighted by atomic mass is 10.1. The smallest absolute Gasteiger partial charge is 0.280 e. The van der Waals surface area contributed by atoms with Gasteiger partial charge in [-0.15, -0.1) is 0 Å². The summed E-state index contributed by atoms with van der Waals surface area (Å²) >= 11 is 2.49. The van der Waals surface area contributed by atoms with Crippen LogP contribution in [0.5, 0.6) is 0 Å². The first kappa shape index (κ1) is 20.8. The van der Waals surface area contributed by atoms with E-state index in [1.165, 1.54) is 23.5 Å². The van der Waals surface area contributed by atoms with Crippen LogP contribution in [0.15, 0.2) is 54.9 Å². The summed E-state index contributed by atoms with van der Waals surface area (Å²) in [4.78, 5) is 34.7. The van der Waals surface area contributed by atoms with E-state index in [1.54, 1.807) is 29.4 Å². The molecule has 1 amide bonds. The predicted molar refractivity (Wildman–Crippen MR) is 125 cm³/mol. The quantitative estimate of drug-likeness (QED) is 0.219. The highest BCUT2D eigenvalue weighted by molar-refractivity contribution is 7.22. The minimum absolute atomic E-state index is 0.0383. The van der Waals surface area contributed by atoms with Crippen molar-refractivity contribution in [3.05, 3.63) is 86.5 Å². The van der Waals surface area contributed by atoms with Crippen molar-refractivity contribution in [3.8, 4) is 0 Å². The molecule has 0 unspecified atom stereocenters. The van der Waals surface area contributed by atoms with Crippen molar-refractivity contribution in [2.24, 2.45) is 0 Å². The topological polar surface area (TPSA) is 89.2 Å². The maximum absolute atomic E-state index is 13.1. The average molecular weight is 451 g/mol. The molecule has 0 aliphatic rings. The molecule has 0 saturated heterocycles. The van der Waals surface area contributed by atoms with Gasteiger partial charge in [0.1, 0.15) is 0 Å². The zero-order valence-electron chi connectivity index (χ0n) is 16.8. The number of amides is 1. The Kier molecular flexibility index (Phi) is 5.88. The number of rotatable bonds is 6. The number of aryl methyl sites for hydroxylation is 2. The van der Waals surface area contributed by atoms with Crippen molar-refractivity contribution in [2.45, 2.75) is 20.4 Å². The normalized spacial score (nSPS) is 11.3. The van der Waals surface area contributed by atoms with Crippen LogP contribution in [-0.2, 0) is 11.3 Å². The van der Waals surface area contributed by atoms with Gasteiger partial charge in [0.2, 0.25) is 0 Å². The zero-order valence-corrected chi connectivity index (χ0v) is 18.4. The lowest BCUT2D eigenvalue weighted by Gasteiger charge is -2.18. The monoisotopic (exact) mass is 450 g/mol. The molecule has 156 valence electrons. The number of nitrogens with zero attached hydrogens (tertiary/aromatic N) is 4. The molecular weight excluding hydrogens is 432 g/mol. The Morgan fingerprint density at radius 1 is 1.23 bits per heavy atom. The Balaban J connectivity index is 1.68. The van der Waals surface area contributed by atoms with Crippen LogP contribution >= 0.6 is 22.7 Å². The third-order valence-electron chi connectivity index (χ3n) is 4.55. The molecule has 4 aromatic rings. The van der Waals surface area contributed by atoms with E-state index in [9.17, 15) is 14.9 Å². The minimum atomic E-state index is -0.440. The van der Waals surface area contributed by atoms with Gasteiger partial charge in [0.25, 0.3) is 5.91 Å². The average Bonchev–Trinajstić information content (AvgIpc) is 3.38. The zero-order chi connectivity index (χ0) is 22.0. The highest BCUT2D eigenvalue weighted by Gasteiger charge is 2.20. The second kappa shape index (κ2) is 8.75. The van der Waals surface area contributed by atoms with Gasteiger partial charge in [-0.3, -0.25) is 24.8 Å². The van der Waals surface area contributed by atoms with Gasteiger partial charge in [-0.1, -0.05) is 34.8 Å². The molecule has 0 saturated carbocycles. The van der Waals surface area contributed by atoms with E-state index in [0.717, 1.165) is 38.2 Å². The molecule has 3 aromatic heterocycles. The summed E-state index contributed by atoms with van der Waals surface area (Å²) in [5.41, 5.74) is 3.97. The summed E-state index contributed by atoms with van der Waals surface area (Å²) in [6.45, 7) is 4.38. The second-order valence-electron chi connectivity index (χ2n) is 6.98. The number of carbonyl (C=O) groups excluding carboxylic acids is 1. The summed E-state index contributed by atoms with van der Waals surface area (Å²) in [6, 6.07) is 10.9. The first-order valence-electron chi connectivity index (χ1n) is 9.41. The number of benzene rings is 1. The van der Waals surface area contributed by atoms with E-state index in [0.29, 0.717) is 16.6 Å². The van der Waals surface area contributed by atoms with Crippen molar-refractivity contribution in [3.63, 3.8) is 0 Å². The van der Waals surface area contributed by atoms with Crippen LogP contribution in [0.3, 0.4) is 0 Å². The predicted octanol–water partition coefficient (Wildman–Crippen LogP) is 5.52. The SMILES string of the molecule is Cc1cc(C)c2sc(N(Cc3cccnc3)C(=O)/C=C/c3ccc([N+](=O)[O-])s3)nc2c1. The fourth-order valence-corrected chi connectivity index (χ4v) is 4.91. The maximum Gasteiger partial charge on any atom is 0.324 e. The lowest BCUT2D eigenvalue weighted by Crippen LogP contribution is -2.28. The molecule has 0 atom stereocenters. The van der Waals surface area contributed by atoms with Crippen molar-refractivity contribution in [1.29, 1.82) is 0 Å².